The zero-order chi connectivity index (χ0) is 13.1. The number of carbonyl (C=O) groups is 1. The van der Waals surface area contributed by atoms with E-state index in [1.165, 1.54) is 44.1 Å². The van der Waals surface area contributed by atoms with Crippen LogP contribution in [-0.2, 0) is 11.2 Å². The number of ether oxygens (including phenoxy) is 1. The van der Waals surface area contributed by atoms with Gasteiger partial charge in [-0.3, -0.25) is 4.79 Å². The molecule has 1 rings (SSSR count). The van der Waals surface area contributed by atoms with E-state index in [0.29, 0.717) is 12.0 Å². The molecule has 0 saturated carbocycles. The Hall–Kier alpha value is -1.31. The van der Waals surface area contributed by atoms with Crippen molar-refractivity contribution in [3.05, 3.63) is 36.4 Å². The van der Waals surface area contributed by atoms with E-state index in [1.54, 1.807) is 0 Å². The van der Waals surface area contributed by atoms with Gasteiger partial charge in [-0.1, -0.05) is 51.2 Å². The van der Waals surface area contributed by atoms with Crippen molar-refractivity contribution in [2.45, 2.75) is 51.9 Å². The van der Waals surface area contributed by atoms with Crippen LogP contribution in [0.2, 0.25) is 0 Å². The van der Waals surface area contributed by atoms with Crippen molar-refractivity contribution >= 4 is 6.29 Å². The van der Waals surface area contributed by atoms with Crippen LogP contribution >= 0.6 is 0 Å². The fourth-order valence-electron chi connectivity index (χ4n) is 1.95. The molecule has 0 spiro atoms. The molecule has 0 atom stereocenters. The van der Waals surface area contributed by atoms with Gasteiger partial charge in [-0.15, -0.1) is 0 Å². The first kappa shape index (κ1) is 14.7. The van der Waals surface area contributed by atoms with Crippen LogP contribution in [0.15, 0.2) is 24.3 Å². The molecule has 0 aliphatic carbocycles. The van der Waals surface area contributed by atoms with E-state index in [9.17, 15) is 4.79 Å². The highest BCUT2D eigenvalue weighted by molar-refractivity contribution is 5.59. The first-order valence-electron chi connectivity index (χ1n) is 6.89. The fraction of sp³-hybridized carbons (Fsp3) is 0.500. The second kappa shape index (κ2) is 9.69. The van der Waals surface area contributed by atoms with Crippen molar-refractivity contribution in [2.75, 3.05) is 0 Å². The highest BCUT2D eigenvalue weighted by Gasteiger charge is 1.96. The fourth-order valence-corrected chi connectivity index (χ4v) is 1.95. The zero-order valence-electron chi connectivity index (χ0n) is 11.2. The van der Waals surface area contributed by atoms with Crippen LogP contribution in [0.25, 0.3) is 0 Å². The Kier molecular flexibility index (Phi) is 7.94. The number of carbonyl (C=O) groups excluding carboxylic acids is 1. The Labute approximate surface area is 110 Å². The van der Waals surface area contributed by atoms with Crippen LogP contribution < -0.4 is 4.74 Å². The number of unbranched alkanes of at least 4 members (excludes halogenated alkanes) is 5. The summed E-state index contributed by atoms with van der Waals surface area (Å²) in [6.07, 6.45) is 9.72. The average Bonchev–Trinajstić information content (AvgIpc) is 2.42. The van der Waals surface area contributed by atoms with E-state index in [-0.39, 0.29) is 0 Å². The number of benzene rings is 1. The van der Waals surface area contributed by atoms with Gasteiger partial charge >= 0.3 is 0 Å². The van der Waals surface area contributed by atoms with Crippen LogP contribution in [0.5, 0.6) is 5.75 Å². The molecule has 0 aromatic heterocycles. The van der Waals surface area contributed by atoms with Crippen molar-refractivity contribution < 1.29 is 9.53 Å². The third-order valence-corrected chi connectivity index (χ3v) is 3.00. The van der Waals surface area contributed by atoms with Crippen molar-refractivity contribution in [2.24, 2.45) is 0 Å². The molecule has 0 fully saturated rings. The van der Waals surface area contributed by atoms with Crippen LogP contribution in [0.1, 0.15) is 51.0 Å². The van der Waals surface area contributed by atoms with Crippen LogP contribution in [0, 0.1) is 6.61 Å². The van der Waals surface area contributed by atoms with Crippen molar-refractivity contribution in [3.8, 4) is 5.75 Å². The molecule has 0 unspecified atom stereocenters. The number of rotatable bonds is 10. The second-order valence-electron chi connectivity index (χ2n) is 4.55. The van der Waals surface area contributed by atoms with Gasteiger partial charge in [0.25, 0.3) is 0 Å². The maximum atomic E-state index is 10.1. The Bertz CT molecular complexity index is 316. The average molecular weight is 247 g/mol. The lowest BCUT2D eigenvalue weighted by Gasteiger charge is -2.04. The molecule has 0 bridgehead atoms. The van der Waals surface area contributed by atoms with Gasteiger partial charge in [-0.05, 0) is 30.5 Å². The molecular formula is C16H23O2. The molecule has 99 valence electrons. The quantitative estimate of drug-likeness (QED) is 0.454. The Morgan fingerprint density at radius 3 is 2.33 bits per heavy atom. The van der Waals surface area contributed by atoms with E-state index >= 15 is 0 Å². The van der Waals surface area contributed by atoms with Gasteiger partial charge in [-0.2, -0.15) is 0 Å². The van der Waals surface area contributed by atoms with Gasteiger partial charge in [0.2, 0.25) is 0 Å². The highest BCUT2D eigenvalue weighted by atomic mass is 16.5. The summed E-state index contributed by atoms with van der Waals surface area (Å²) < 4.78 is 5.09. The molecule has 2 nitrogen and oxygen atoms in total. The topological polar surface area (TPSA) is 26.3 Å². The SMILES string of the molecule is CCCCCCCCc1ccc(O[CH]C=O)cc1. The lowest BCUT2D eigenvalue weighted by atomic mass is 10.0. The van der Waals surface area contributed by atoms with Gasteiger partial charge in [0.05, 0.1) is 0 Å². The van der Waals surface area contributed by atoms with Gasteiger partial charge in [0, 0.05) is 0 Å². The summed E-state index contributed by atoms with van der Waals surface area (Å²) in [7, 11) is 0. The van der Waals surface area contributed by atoms with Gasteiger partial charge in [0.1, 0.15) is 5.75 Å². The van der Waals surface area contributed by atoms with Crippen molar-refractivity contribution in [1.82, 2.24) is 0 Å². The third-order valence-electron chi connectivity index (χ3n) is 3.00. The molecule has 1 radical (unpaired) electrons. The molecule has 0 aliphatic heterocycles. The molecular weight excluding hydrogens is 224 g/mol. The summed E-state index contributed by atoms with van der Waals surface area (Å²) >= 11 is 0. The second-order valence-corrected chi connectivity index (χ2v) is 4.55. The first-order valence-corrected chi connectivity index (χ1v) is 6.89. The maximum Gasteiger partial charge on any atom is 0.197 e. The molecule has 1 aromatic rings. The Balaban J connectivity index is 2.16. The molecule has 0 heterocycles. The number of aldehydes is 1. The normalized spacial score (nSPS) is 10.3. The lowest BCUT2D eigenvalue weighted by Crippen LogP contribution is -1.91. The maximum absolute atomic E-state index is 10.1. The van der Waals surface area contributed by atoms with E-state index in [0.717, 1.165) is 13.0 Å². The molecule has 18 heavy (non-hydrogen) atoms. The molecule has 0 saturated heterocycles. The molecule has 1 aromatic carbocycles. The lowest BCUT2D eigenvalue weighted by molar-refractivity contribution is -0.107. The molecule has 0 aliphatic rings. The predicted molar refractivity (Wildman–Crippen MR) is 74.5 cm³/mol. The molecule has 0 amide bonds. The standard InChI is InChI=1S/C16H23O2/c1-2-3-4-5-6-7-8-15-9-11-16(12-10-15)18-14-13-17/h9-14H,2-8H2,1H3. The minimum Gasteiger partial charge on any atom is -0.479 e. The van der Waals surface area contributed by atoms with Crippen LogP contribution in [0.3, 0.4) is 0 Å². The Morgan fingerprint density at radius 2 is 1.67 bits per heavy atom. The molecule has 0 N–H and O–H groups in total. The summed E-state index contributed by atoms with van der Waals surface area (Å²) in [6, 6.07) is 7.96. The number of hydrogen-bond acceptors (Lipinski definition) is 2. The van der Waals surface area contributed by atoms with E-state index in [4.69, 9.17) is 4.74 Å². The minimum absolute atomic E-state index is 0.643. The summed E-state index contributed by atoms with van der Waals surface area (Å²) in [5, 5.41) is 0. The first-order chi connectivity index (χ1) is 8.86. The largest absolute Gasteiger partial charge is 0.479 e. The van der Waals surface area contributed by atoms with Crippen molar-refractivity contribution in [1.29, 1.82) is 0 Å². The Morgan fingerprint density at radius 1 is 1.00 bits per heavy atom. The predicted octanol–water partition coefficient (Wildman–Crippen LogP) is 4.33. The summed E-state index contributed by atoms with van der Waals surface area (Å²) in [4.78, 5) is 10.1. The van der Waals surface area contributed by atoms with E-state index in [2.05, 4.69) is 19.1 Å². The van der Waals surface area contributed by atoms with E-state index in [1.807, 2.05) is 12.1 Å². The third kappa shape index (κ3) is 6.43. The van der Waals surface area contributed by atoms with Crippen molar-refractivity contribution in [3.63, 3.8) is 0 Å². The van der Waals surface area contributed by atoms with Gasteiger partial charge in [0.15, 0.2) is 12.9 Å². The van der Waals surface area contributed by atoms with Gasteiger partial charge < -0.3 is 4.74 Å². The monoisotopic (exact) mass is 247 g/mol. The molecule has 2 heteroatoms. The summed E-state index contributed by atoms with van der Waals surface area (Å²) in [5.74, 6) is 0.716. The summed E-state index contributed by atoms with van der Waals surface area (Å²) in [6.45, 7) is 3.40. The van der Waals surface area contributed by atoms with Crippen LogP contribution in [-0.4, -0.2) is 6.29 Å². The smallest absolute Gasteiger partial charge is 0.197 e. The van der Waals surface area contributed by atoms with Crippen LogP contribution in [0.4, 0.5) is 0 Å². The number of hydrogen-bond donors (Lipinski definition) is 0. The minimum atomic E-state index is 0.643. The van der Waals surface area contributed by atoms with Gasteiger partial charge in [-0.25, -0.2) is 0 Å². The number of aryl methyl sites for hydroxylation is 1. The summed E-state index contributed by atoms with van der Waals surface area (Å²) in [5.41, 5.74) is 1.34. The highest BCUT2D eigenvalue weighted by Crippen LogP contribution is 2.15. The zero-order valence-corrected chi connectivity index (χ0v) is 11.2. The van der Waals surface area contributed by atoms with E-state index < -0.39 is 0 Å².